The number of nitrogens with zero attached hydrogens (tertiary/aromatic N) is 6. The first-order valence-corrected chi connectivity index (χ1v) is 17.6. The Morgan fingerprint density at radius 3 is 1.00 bits per heavy atom. The van der Waals surface area contributed by atoms with Crippen molar-refractivity contribution in [3.8, 4) is 17.6 Å². The molecular weight excluding hydrogens is 637 g/mol. The molecule has 0 radical (unpaired) electrons. The first-order valence-electron chi connectivity index (χ1n) is 17.6. The third-order valence-corrected chi connectivity index (χ3v) is 10.4. The second-order valence-corrected chi connectivity index (χ2v) is 13.3. The molecule has 0 amide bonds. The Labute approximate surface area is 298 Å². The third-order valence-electron chi connectivity index (χ3n) is 10.4. The fourth-order valence-corrected chi connectivity index (χ4v) is 8.18. The lowest BCUT2D eigenvalue weighted by Crippen LogP contribution is -2.13. The molecule has 11 aromatic rings. The Morgan fingerprint density at radius 2 is 0.615 bits per heavy atom. The normalized spacial score (nSPS) is 11.9. The average Bonchev–Trinajstić information content (AvgIpc) is 3.84. The maximum Gasteiger partial charge on any atom is 0.239 e. The van der Waals surface area contributed by atoms with Gasteiger partial charge in [-0.2, -0.15) is 15.0 Å². The second kappa shape index (κ2) is 11.2. The van der Waals surface area contributed by atoms with E-state index in [-0.39, 0.29) is 0 Å². The van der Waals surface area contributed by atoms with E-state index < -0.39 is 0 Å². The molecule has 0 bridgehead atoms. The van der Waals surface area contributed by atoms with Crippen molar-refractivity contribution in [2.24, 2.45) is 0 Å². The van der Waals surface area contributed by atoms with Crippen LogP contribution in [0.4, 0.5) is 0 Å². The fraction of sp³-hybridized carbons (Fsp3) is 0.0217. The van der Waals surface area contributed by atoms with Crippen molar-refractivity contribution in [3.05, 3.63) is 181 Å². The van der Waals surface area contributed by atoms with Gasteiger partial charge in [0, 0.05) is 44.4 Å². The van der Waals surface area contributed by atoms with Crippen LogP contribution < -0.4 is 0 Å². The molecule has 0 atom stereocenters. The van der Waals surface area contributed by atoms with Gasteiger partial charge in [0.05, 0.1) is 33.1 Å². The number of hydrogen-bond acceptors (Lipinski definition) is 3. The van der Waals surface area contributed by atoms with Crippen LogP contribution in [0.5, 0.6) is 0 Å². The van der Waals surface area contributed by atoms with Crippen molar-refractivity contribution in [3.63, 3.8) is 0 Å². The molecule has 0 aliphatic rings. The van der Waals surface area contributed by atoms with Crippen molar-refractivity contribution in [2.45, 2.75) is 6.42 Å². The van der Waals surface area contributed by atoms with Crippen molar-refractivity contribution in [1.29, 1.82) is 0 Å². The van der Waals surface area contributed by atoms with Gasteiger partial charge in [-0.3, -0.25) is 9.13 Å². The molecule has 0 fully saturated rings. The number of rotatable bonds is 5. The van der Waals surface area contributed by atoms with Gasteiger partial charge in [0.2, 0.25) is 11.9 Å². The van der Waals surface area contributed by atoms with Gasteiger partial charge in [-0.25, -0.2) is 0 Å². The summed E-state index contributed by atoms with van der Waals surface area (Å²) in [5.41, 5.74) is 8.80. The summed E-state index contributed by atoms with van der Waals surface area (Å²) in [6.07, 6.45) is 0.508. The SMILES string of the molecule is c1ccc(-n2c3ccccc3c3ccccc32)c(Cc2nc(-n3c4ccccc4c4ccccc43)nc(-n3c4ccccc4c4ccccc43)n2)c1. The molecule has 4 heterocycles. The molecule has 52 heavy (non-hydrogen) atoms. The quantitative estimate of drug-likeness (QED) is 0.184. The highest BCUT2D eigenvalue weighted by Crippen LogP contribution is 2.36. The summed E-state index contributed by atoms with van der Waals surface area (Å²) in [6, 6.07) is 59.9. The second-order valence-electron chi connectivity index (χ2n) is 13.3. The van der Waals surface area contributed by atoms with E-state index in [1.165, 1.54) is 21.8 Å². The summed E-state index contributed by atoms with van der Waals surface area (Å²) in [5, 5.41) is 7.11. The molecule has 0 aliphatic carbocycles. The van der Waals surface area contributed by atoms with E-state index in [1.54, 1.807) is 0 Å². The predicted molar refractivity (Wildman–Crippen MR) is 212 cm³/mol. The molecule has 0 unspecified atom stereocenters. The van der Waals surface area contributed by atoms with Gasteiger partial charge in [-0.1, -0.05) is 127 Å². The molecule has 11 rings (SSSR count). The minimum absolute atomic E-state index is 0.508. The number of benzene rings is 7. The zero-order chi connectivity index (χ0) is 34.2. The molecular formula is C46H30N6. The highest BCUT2D eigenvalue weighted by Gasteiger charge is 2.21. The van der Waals surface area contributed by atoms with Crippen LogP contribution in [0, 0.1) is 0 Å². The first-order chi connectivity index (χ1) is 25.8. The predicted octanol–water partition coefficient (Wildman–Crippen LogP) is 10.8. The van der Waals surface area contributed by atoms with Crippen molar-refractivity contribution >= 4 is 65.4 Å². The van der Waals surface area contributed by atoms with Gasteiger partial charge in [0.25, 0.3) is 0 Å². The molecule has 0 spiro atoms. The molecule has 7 aromatic carbocycles. The van der Waals surface area contributed by atoms with Gasteiger partial charge in [0.15, 0.2) is 0 Å². The standard InChI is InChI=1S/C46H30N6/c1-8-22-37(50-38-23-9-2-16-31(38)32-17-3-10-24-39(32)50)30(15-1)29-44-47-45(51-40-25-11-4-18-33(40)34-19-5-12-26-41(34)51)49-46(48-44)52-42-27-13-6-20-35(42)36-21-7-14-28-43(36)52/h1-28H,29H2. The van der Waals surface area contributed by atoms with Gasteiger partial charge in [0.1, 0.15) is 5.82 Å². The molecule has 4 aromatic heterocycles. The number of hydrogen-bond donors (Lipinski definition) is 0. The summed E-state index contributed by atoms with van der Waals surface area (Å²) < 4.78 is 6.75. The van der Waals surface area contributed by atoms with Crippen LogP contribution >= 0.6 is 0 Å². The van der Waals surface area contributed by atoms with E-state index in [0.29, 0.717) is 24.1 Å². The Hall–Kier alpha value is -7.05. The zero-order valence-electron chi connectivity index (χ0n) is 28.1. The van der Waals surface area contributed by atoms with E-state index >= 15 is 0 Å². The van der Waals surface area contributed by atoms with E-state index in [1.807, 2.05) is 0 Å². The molecule has 6 nitrogen and oxygen atoms in total. The lowest BCUT2D eigenvalue weighted by molar-refractivity contribution is 0.829. The molecule has 0 saturated heterocycles. The third kappa shape index (κ3) is 4.21. The van der Waals surface area contributed by atoms with Crippen LogP contribution in [0.1, 0.15) is 11.4 Å². The molecule has 0 N–H and O–H groups in total. The summed E-state index contributed by atoms with van der Waals surface area (Å²) in [7, 11) is 0. The largest absolute Gasteiger partial charge is 0.309 e. The summed E-state index contributed by atoms with van der Waals surface area (Å²) in [4.78, 5) is 15.9. The van der Waals surface area contributed by atoms with Crippen molar-refractivity contribution in [1.82, 2.24) is 28.7 Å². The van der Waals surface area contributed by atoms with Crippen molar-refractivity contribution < 1.29 is 0 Å². The Morgan fingerprint density at radius 1 is 0.308 bits per heavy atom. The van der Waals surface area contributed by atoms with Crippen molar-refractivity contribution in [2.75, 3.05) is 0 Å². The van der Waals surface area contributed by atoms with Crippen LogP contribution in [0.3, 0.4) is 0 Å². The molecule has 0 aliphatic heterocycles. The number of fused-ring (bicyclic) bond motifs is 9. The van der Waals surface area contributed by atoms with Crippen LogP contribution in [0.2, 0.25) is 0 Å². The minimum atomic E-state index is 0.508. The van der Waals surface area contributed by atoms with Crippen LogP contribution in [0.25, 0.3) is 83.0 Å². The molecule has 244 valence electrons. The smallest absolute Gasteiger partial charge is 0.239 e. The van der Waals surface area contributed by atoms with Gasteiger partial charge < -0.3 is 4.57 Å². The van der Waals surface area contributed by atoms with Crippen LogP contribution in [-0.2, 0) is 6.42 Å². The van der Waals surface area contributed by atoms with E-state index in [2.05, 4.69) is 184 Å². The first kappa shape index (κ1) is 28.8. The number of para-hydroxylation sites is 7. The van der Waals surface area contributed by atoms with E-state index in [9.17, 15) is 0 Å². The maximum absolute atomic E-state index is 5.31. The lowest BCUT2D eigenvalue weighted by atomic mass is 10.1. The van der Waals surface area contributed by atoms with Gasteiger partial charge in [-0.15, -0.1) is 0 Å². The average molecular weight is 667 g/mol. The van der Waals surface area contributed by atoms with E-state index in [4.69, 9.17) is 15.0 Å². The lowest BCUT2D eigenvalue weighted by Gasteiger charge is -2.15. The highest BCUT2D eigenvalue weighted by molar-refractivity contribution is 6.11. The molecule has 6 heteroatoms. The summed E-state index contributed by atoms with van der Waals surface area (Å²) >= 11 is 0. The monoisotopic (exact) mass is 666 g/mol. The van der Waals surface area contributed by atoms with Crippen LogP contribution in [0.15, 0.2) is 170 Å². The van der Waals surface area contributed by atoms with Crippen LogP contribution in [-0.4, -0.2) is 28.7 Å². The summed E-state index contributed by atoms with van der Waals surface area (Å²) in [5.74, 6) is 1.87. The summed E-state index contributed by atoms with van der Waals surface area (Å²) in [6.45, 7) is 0. The zero-order valence-corrected chi connectivity index (χ0v) is 28.1. The maximum atomic E-state index is 5.31. The fourth-order valence-electron chi connectivity index (χ4n) is 8.18. The number of aromatic nitrogens is 6. The Balaban J connectivity index is 1.18. The minimum Gasteiger partial charge on any atom is -0.309 e. The topological polar surface area (TPSA) is 53.5 Å². The molecule has 0 saturated carbocycles. The van der Waals surface area contributed by atoms with Gasteiger partial charge in [-0.05, 0) is 48.0 Å². The van der Waals surface area contributed by atoms with Gasteiger partial charge >= 0.3 is 0 Å². The highest BCUT2D eigenvalue weighted by atomic mass is 15.3. The van der Waals surface area contributed by atoms with E-state index in [0.717, 1.165) is 54.9 Å². The Bertz CT molecular complexity index is 2890. The Kier molecular flexibility index (Phi) is 6.21.